The Bertz CT molecular complexity index is 596. The monoisotopic (exact) mass is 301 g/mol. The number of hydrogen-bond donors (Lipinski definition) is 1. The van der Waals surface area contributed by atoms with Gasteiger partial charge in [0.05, 0.1) is 5.69 Å². The normalized spacial score (nSPS) is 10.2. The maximum atomic E-state index is 11.9. The van der Waals surface area contributed by atoms with E-state index in [-0.39, 0.29) is 12.5 Å². The van der Waals surface area contributed by atoms with Crippen molar-refractivity contribution in [2.45, 2.75) is 18.2 Å². The van der Waals surface area contributed by atoms with Crippen LogP contribution in [0.25, 0.3) is 0 Å². The summed E-state index contributed by atoms with van der Waals surface area (Å²) in [5.41, 5.74) is 2.07. The molecule has 0 unspecified atom stereocenters. The molecule has 0 saturated heterocycles. The molecule has 0 aromatic heterocycles. The van der Waals surface area contributed by atoms with Gasteiger partial charge in [-0.15, -0.1) is 11.8 Å². The second-order valence-corrected chi connectivity index (χ2v) is 5.38. The van der Waals surface area contributed by atoms with Crippen LogP contribution in [0.3, 0.4) is 0 Å². The van der Waals surface area contributed by atoms with Crippen molar-refractivity contribution in [3.63, 3.8) is 0 Å². The van der Waals surface area contributed by atoms with Crippen molar-refractivity contribution in [3.05, 3.63) is 54.1 Å². The first-order valence-corrected chi connectivity index (χ1v) is 8.10. The first kappa shape index (κ1) is 15.4. The number of ether oxygens (including phenoxy) is 1. The molecule has 2 aromatic carbocycles. The van der Waals surface area contributed by atoms with Crippen molar-refractivity contribution in [3.8, 4) is 5.75 Å². The van der Waals surface area contributed by atoms with E-state index in [0.717, 1.165) is 17.0 Å². The highest BCUT2D eigenvalue weighted by Crippen LogP contribution is 2.24. The molecule has 0 aliphatic carbocycles. The SMILES string of the molecule is CCc1ccc(OCC(=O)Nc2ccccc2SC)cc1. The quantitative estimate of drug-likeness (QED) is 0.820. The van der Waals surface area contributed by atoms with Crippen molar-refractivity contribution in [1.82, 2.24) is 0 Å². The van der Waals surface area contributed by atoms with Crippen LogP contribution in [0.4, 0.5) is 5.69 Å². The predicted molar refractivity (Wildman–Crippen MR) is 88.2 cm³/mol. The molecule has 0 atom stereocenters. The van der Waals surface area contributed by atoms with E-state index in [1.807, 2.05) is 54.8 Å². The minimum Gasteiger partial charge on any atom is -0.484 e. The van der Waals surface area contributed by atoms with Gasteiger partial charge in [-0.25, -0.2) is 0 Å². The number of aryl methyl sites for hydroxylation is 1. The number of amides is 1. The molecule has 2 aromatic rings. The lowest BCUT2D eigenvalue weighted by Gasteiger charge is -2.10. The van der Waals surface area contributed by atoms with Crippen LogP contribution in [0, 0.1) is 0 Å². The molecule has 0 saturated carbocycles. The summed E-state index contributed by atoms with van der Waals surface area (Å²) < 4.78 is 5.49. The Labute approximate surface area is 129 Å². The zero-order chi connectivity index (χ0) is 15.1. The molecular formula is C17H19NO2S. The van der Waals surface area contributed by atoms with Crippen LogP contribution in [0.1, 0.15) is 12.5 Å². The number of carbonyl (C=O) groups excluding carboxylic acids is 1. The lowest BCUT2D eigenvalue weighted by Crippen LogP contribution is -2.20. The smallest absolute Gasteiger partial charge is 0.262 e. The maximum absolute atomic E-state index is 11.9. The molecule has 0 spiro atoms. The second kappa shape index (κ2) is 7.74. The molecule has 2 rings (SSSR count). The molecule has 0 heterocycles. The Morgan fingerprint density at radius 2 is 1.86 bits per heavy atom. The topological polar surface area (TPSA) is 38.3 Å². The van der Waals surface area contributed by atoms with Gasteiger partial charge in [0.2, 0.25) is 0 Å². The molecule has 1 amide bonds. The van der Waals surface area contributed by atoms with Gasteiger partial charge >= 0.3 is 0 Å². The molecule has 4 heteroatoms. The molecule has 0 bridgehead atoms. The number of nitrogens with one attached hydrogen (secondary N) is 1. The number of hydrogen-bond acceptors (Lipinski definition) is 3. The molecule has 0 radical (unpaired) electrons. The first-order chi connectivity index (χ1) is 10.2. The van der Waals surface area contributed by atoms with Gasteiger partial charge in [0.25, 0.3) is 5.91 Å². The highest BCUT2D eigenvalue weighted by molar-refractivity contribution is 7.98. The van der Waals surface area contributed by atoms with Gasteiger partial charge in [-0.1, -0.05) is 31.2 Å². The minimum atomic E-state index is -0.156. The molecule has 0 fully saturated rings. The lowest BCUT2D eigenvalue weighted by molar-refractivity contribution is -0.118. The van der Waals surface area contributed by atoms with Crippen molar-refractivity contribution >= 4 is 23.4 Å². The molecule has 110 valence electrons. The third-order valence-corrected chi connectivity index (χ3v) is 3.88. The second-order valence-electron chi connectivity index (χ2n) is 4.53. The minimum absolute atomic E-state index is 0.00812. The number of thioether (sulfide) groups is 1. The third kappa shape index (κ3) is 4.53. The Morgan fingerprint density at radius 3 is 2.52 bits per heavy atom. The predicted octanol–water partition coefficient (Wildman–Crippen LogP) is 3.99. The van der Waals surface area contributed by atoms with Crippen LogP contribution in [0.5, 0.6) is 5.75 Å². The molecule has 1 N–H and O–H groups in total. The number of anilines is 1. The number of rotatable bonds is 6. The average molecular weight is 301 g/mol. The van der Waals surface area contributed by atoms with Crippen molar-refractivity contribution < 1.29 is 9.53 Å². The molecular weight excluding hydrogens is 282 g/mol. The van der Waals surface area contributed by atoms with Crippen molar-refractivity contribution in [2.24, 2.45) is 0 Å². The molecule has 0 aliphatic heterocycles. The Morgan fingerprint density at radius 1 is 1.14 bits per heavy atom. The van der Waals surface area contributed by atoms with E-state index in [0.29, 0.717) is 5.75 Å². The summed E-state index contributed by atoms with van der Waals surface area (Å²) in [6, 6.07) is 15.5. The van der Waals surface area contributed by atoms with E-state index in [4.69, 9.17) is 4.74 Å². The number of benzene rings is 2. The lowest BCUT2D eigenvalue weighted by atomic mass is 10.2. The number of carbonyl (C=O) groups is 1. The summed E-state index contributed by atoms with van der Waals surface area (Å²) in [7, 11) is 0. The standard InChI is InChI=1S/C17H19NO2S/c1-3-13-8-10-14(11-9-13)20-12-17(19)18-15-6-4-5-7-16(15)21-2/h4-11H,3,12H2,1-2H3,(H,18,19). The van der Waals surface area contributed by atoms with Gasteiger partial charge in [-0.3, -0.25) is 4.79 Å². The third-order valence-electron chi connectivity index (χ3n) is 3.08. The van der Waals surface area contributed by atoms with Crippen LogP contribution in [0.2, 0.25) is 0 Å². The molecule has 3 nitrogen and oxygen atoms in total. The Kier molecular flexibility index (Phi) is 5.69. The van der Waals surface area contributed by atoms with Crippen LogP contribution in [-0.4, -0.2) is 18.8 Å². The summed E-state index contributed by atoms with van der Waals surface area (Å²) in [6.07, 6.45) is 2.98. The van der Waals surface area contributed by atoms with E-state index in [1.54, 1.807) is 11.8 Å². The van der Waals surface area contributed by atoms with Gasteiger partial charge in [0, 0.05) is 4.90 Å². The summed E-state index contributed by atoms with van der Waals surface area (Å²) in [6.45, 7) is 2.11. The van der Waals surface area contributed by atoms with Gasteiger partial charge in [-0.05, 0) is 42.5 Å². The van der Waals surface area contributed by atoms with E-state index < -0.39 is 0 Å². The first-order valence-electron chi connectivity index (χ1n) is 6.87. The van der Waals surface area contributed by atoms with E-state index in [2.05, 4.69) is 12.2 Å². The van der Waals surface area contributed by atoms with Gasteiger partial charge in [0.15, 0.2) is 6.61 Å². The van der Waals surface area contributed by atoms with Crippen molar-refractivity contribution in [2.75, 3.05) is 18.2 Å². The van der Waals surface area contributed by atoms with Crippen LogP contribution >= 0.6 is 11.8 Å². The highest BCUT2D eigenvalue weighted by atomic mass is 32.2. The van der Waals surface area contributed by atoms with Crippen LogP contribution in [-0.2, 0) is 11.2 Å². The zero-order valence-electron chi connectivity index (χ0n) is 12.3. The van der Waals surface area contributed by atoms with Gasteiger partial charge < -0.3 is 10.1 Å². The zero-order valence-corrected chi connectivity index (χ0v) is 13.1. The summed E-state index contributed by atoms with van der Waals surface area (Å²) >= 11 is 1.60. The fourth-order valence-corrected chi connectivity index (χ4v) is 2.46. The van der Waals surface area contributed by atoms with Crippen molar-refractivity contribution in [1.29, 1.82) is 0 Å². The highest BCUT2D eigenvalue weighted by Gasteiger charge is 2.06. The van der Waals surface area contributed by atoms with Gasteiger partial charge in [0.1, 0.15) is 5.75 Å². The Hall–Kier alpha value is -1.94. The summed E-state index contributed by atoms with van der Waals surface area (Å²) in [5, 5.41) is 2.87. The fraction of sp³-hybridized carbons (Fsp3) is 0.235. The largest absolute Gasteiger partial charge is 0.484 e. The summed E-state index contributed by atoms with van der Waals surface area (Å²) in [4.78, 5) is 13.0. The van der Waals surface area contributed by atoms with E-state index >= 15 is 0 Å². The summed E-state index contributed by atoms with van der Waals surface area (Å²) in [5.74, 6) is 0.552. The van der Waals surface area contributed by atoms with E-state index in [9.17, 15) is 4.79 Å². The molecule has 0 aliphatic rings. The fourth-order valence-electron chi connectivity index (χ4n) is 1.90. The van der Waals surface area contributed by atoms with E-state index in [1.165, 1.54) is 5.56 Å². The molecule has 21 heavy (non-hydrogen) atoms. The number of para-hydroxylation sites is 1. The maximum Gasteiger partial charge on any atom is 0.262 e. The van der Waals surface area contributed by atoms with Crippen LogP contribution < -0.4 is 10.1 Å². The Balaban J connectivity index is 1.89. The average Bonchev–Trinajstić information content (AvgIpc) is 2.54. The van der Waals surface area contributed by atoms with Crippen LogP contribution in [0.15, 0.2) is 53.4 Å². The van der Waals surface area contributed by atoms with Gasteiger partial charge in [-0.2, -0.15) is 0 Å².